The van der Waals surface area contributed by atoms with E-state index in [4.69, 9.17) is 37.4 Å². The topological polar surface area (TPSA) is 74.6 Å². The van der Waals surface area contributed by atoms with Gasteiger partial charge in [0.2, 0.25) is 11.7 Å². The summed E-state index contributed by atoms with van der Waals surface area (Å²) in [6.07, 6.45) is 5.33. The second-order valence-electron chi connectivity index (χ2n) is 7.40. The zero-order valence-corrected chi connectivity index (χ0v) is 19.0. The number of carbonyl (C=O) groups excluding carboxylic acids is 1. The summed E-state index contributed by atoms with van der Waals surface area (Å²) in [4.78, 5) is 15.6. The lowest BCUT2D eigenvalue weighted by Gasteiger charge is -2.30. The van der Waals surface area contributed by atoms with Crippen LogP contribution in [0.5, 0.6) is 5.75 Å². The van der Waals surface area contributed by atoms with E-state index in [-0.39, 0.29) is 18.6 Å². The van der Waals surface area contributed by atoms with Crippen LogP contribution in [0.2, 0.25) is 10.0 Å². The van der Waals surface area contributed by atoms with Gasteiger partial charge >= 0.3 is 0 Å². The van der Waals surface area contributed by atoms with E-state index in [2.05, 4.69) is 10.3 Å². The molecule has 1 amide bonds. The van der Waals surface area contributed by atoms with Gasteiger partial charge in [-0.1, -0.05) is 36.2 Å². The number of imidazole rings is 1. The van der Waals surface area contributed by atoms with Crippen molar-refractivity contribution >= 4 is 34.8 Å². The lowest BCUT2D eigenvalue weighted by atomic mass is 10.1. The quantitative estimate of drug-likeness (QED) is 0.502. The average molecular weight is 476 g/mol. The number of carbonyl (C=O) groups is 1. The summed E-state index contributed by atoms with van der Waals surface area (Å²) in [6, 6.07) is 12.4. The van der Waals surface area contributed by atoms with Crippen LogP contribution in [0, 0.1) is 0 Å². The zero-order chi connectivity index (χ0) is 22.6. The van der Waals surface area contributed by atoms with Crippen LogP contribution in [0.25, 0.3) is 0 Å². The fourth-order valence-corrected chi connectivity index (χ4v) is 4.00. The number of benzene rings is 2. The van der Waals surface area contributed by atoms with Gasteiger partial charge in [0.05, 0.1) is 24.5 Å². The molecule has 1 N–H and O–H groups in total. The van der Waals surface area contributed by atoms with Crippen LogP contribution in [0.15, 0.2) is 61.2 Å². The van der Waals surface area contributed by atoms with Crippen LogP contribution in [0.3, 0.4) is 0 Å². The monoisotopic (exact) mass is 475 g/mol. The minimum Gasteiger partial charge on any atom is -0.491 e. The number of halogens is 2. The van der Waals surface area contributed by atoms with Crippen LogP contribution < -0.4 is 10.1 Å². The van der Waals surface area contributed by atoms with Gasteiger partial charge in [0, 0.05) is 35.1 Å². The molecule has 1 aromatic heterocycles. The van der Waals surface area contributed by atoms with Crippen molar-refractivity contribution in [2.75, 3.05) is 18.5 Å². The lowest BCUT2D eigenvalue weighted by molar-refractivity contribution is -0.189. The van der Waals surface area contributed by atoms with Gasteiger partial charge in [-0.3, -0.25) is 4.79 Å². The van der Waals surface area contributed by atoms with E-state index < -0.39 is 5.79 Å². The summed E-state index contributed by atoms with van der Waals surface area (Å²) < 4.78 is 20.3. The first-order chi connectivity index (χ1) is 15.5. The van der Waals surface area contributed by atoms with E-state index >= 15 is 0 Å². The number of nitrogens with zero attached hydrogens (tertiary/aromatic N) is 2. The number of hydrogen-bond donors (Lipinski definition) is 1. The van der Waals surface area contributed by atoms with Crippen LogP contribution in [0.4, 0.5) is 5.69 Å². The molecule has 0 spiro atoms. The Bertz CT molecular complexity index is 1060. The molecular formula is C23H23Cl2N3O4. The molecule has 4 rings (SSSR count). The molecule has 168 valence electrons. The highest BCUT2D eigenvalue weighted by molar-refractivity contribution is 6.35. The first-order valence-corrected chi connectivity index (χ1v) is 11.0. The van der Waals surface area contributed by atoms with Crippen LogP contribution in [0.1, 0.15) is 18.9 Å². The van der Waals surface area contributed by atoms with Crippen molar-refractivity contribution in [2.24, 2.45) is 0 Å². The predicted octanol–water partition coefficient (Wildman–Crippen LogP) is 4.89. The minimum absolute atomic E-state index is 0.0368. The van der Waals surface area contributed by atoms with Gasteiger partial charge in [0.25, 0.3) is 0 Å². The van der Waals surface area contributed by atoms with Gasteiger partial charge in [0.15, 0.2) is 0 Å². The summed E-state index contributed by atoms with van der Waals surface area (Å²) in [5, 5.41) is 3.80. The fourth-order valence-electron chi connectivity index (χ4n) is 3.45. The molecule has 0 aliphatic carbocycles. The largest absolute Gasteiger partial charge is 0.491 e. The molecule has 2 aromatic carbocycles. The van der Waals surface area contributed by atoms with E-state index in [0.29, 0.717) is 40.9 Å². The summed E-state index contributed by atoms with van der Waals surface area (Å²) in [7, 11) is 0. The highest BCUT2D eigenvalue weighted by Gasteiger charge is 2.45. The Labute approximate surface area is 196 Å². The number of aromatic nitrogens is 2. The van der Waals surface area contributed by atoms with Gasteiger partial charge in [-0.2, -0.15) is 0 Å². The van der Waals surface area contributed by atoms with Crippen molar-refractivity contribution < 1.29 is 19.0 Å². The maximum Gasteiger partial charge on any atom is 0.224 e. The van der Waals surface area contributed by atoms with Gasteiger partial charge in [-0.25, -0.2) is 4.98 Å². The van der Waals surface area contributed by atoms with Crippen molar-refractivity contribution in [2.45, 2.75) is 31.8 Å². The Hall–Kier alpha value is -2.58. The molecule has 7 nitrogen and oxygen atoms in total. The Morgan fingerprint density at radius 1 is 1.28 bits per heavy atom. The minimum atomic E-state index is -1.09. The molecule has 0 radical (unpaired) electrons. The molecule has 2 heterocycles. The standard InChI is InChI=1S/C23H23Cl2N3O4/c1-2-22(29)27-17-4-6-18(7-5-17)30-12-19-13-31-23(32-19,14-28-10-9-26-15-28)20-8-3-16(24)11-21(20)25/h3-11,15,19H,2,12-14H2,1H3,(H,27,29)/t19-,23-/m1/s1. The number of rotatable bonds is 8. The van der Waals surface area contributed by atoms with Crippen molar-refractivity contribution in [3.63, 3.8) is 0 Å². The Balaban J connectivity index is 1.45. The fraction of sp³-hybridized carbons (Fsp3) is 0.304. The van der Waals surface area contributed by atoms with E-state index in [1.807, 2.05) is 16.8 Å². The van der Waals surface area contributed by atoms with Gasteiger partial charge in [-0.15, -0.1) is 0 Å². The number of anilines is 1. The maximum absolute atomic E-state index is 11.5. The van der Waals surface area contributed by atoms with Gasteiger partial charge < -0.3 is 24.1 Å². The molecule has 32 heavy (non-hydrogen) atoms. The first kappa shape index (κ1) is 22.6. The summed E-state index contributed by atoms with van der Waals surface area (Å²) in [5.74, 6) is -0.463. The molecule has 1 aliphatic heterocycles. The molecule has 0 bridgehead atoms. The second-order valence-corrected chi connectivity index (χ2v) is 8.24. The Morgan fingerprint density at radius 2 is 2.09 bits per heavy atom. The second kappa shape index (κ2) is 9.92. The van der Waals surface area contributed by atoms with Crippen LogP contribution >= 0.6 is 23.2 Å². The predicted molar refractivity (Wildman–Crippen MR) is 122 cm³/mol. The molecule has 1 fully saturated rings. The molecular weight excluding hydrogens is 453 g/mol. The zero-order valence-electron chi connectivity index (χ0n) is 17.5. The molecule has 9 heteroatoms. The summed E-state index contributed by atoms with van der Waals surface area (Å²) in [6.45, 7) is 2.80. The number of hydrogen-bond acceptors (Lipinski definition) is 5. The molecule has 3 aromatic rings. The number of ether oxygens (including phenoxy) is 3. The van der Waals surface area contributed by atoms with Crippen LogP contribution in [-0.4, -0.2) is 34.8 Å². The molecule has 0 saturated carbocycles. The van der Waals surface area contributed by atoms with Crippen molar-refractivity contribution in [1.82, 2.24) is 9.55 Å². The number of nitrogens with one attached hydrogen (secondary N) is 1. The van der Waals surface area contributed by atoms with Crippen molar-refractivity contribution in [1.29, 1.82) is 0 Å². The highest BCUT2D eigenvalue weighted by atomic mass is 35.5. The summed E-state index contributed by atoms with van der Waals surface area (Å²) >= 11 is 12.6. The number of amides is 1. The third-order valence-electron chi connectivity index (χ3n) is 5.05. The smallest absolute Gasteiger partial charge is 0.224 e. The van der Waals surface area contributed by atoms with Gasteiger partial charge in [0.1, 0.15) is 18.5 Å². The third kappa shape index (κ3) is 5.24. The molecule has 0 unspecified atom stereocenters. The SMILES string of the molecule is CCC(=O)Nc1ccc(OC[C@@H]2CO[C@@](Cn3ccnc3)(c3ccc(Cl)cc3Cl)O2)cc1. The van der Waals surface area contributed by atoms with Gasteiger partial charge in [-0.05, 0) is 36.4 Å². The van der Waals surface area contributed by atoms with Crippen LogP contribution in [-0.2, 0) is 26.6 Å². The van der Waals surface area contributed by atoms with E-state index in [9.17, 15) is 4.79 Å². The van der Waals surface area contributed by atoms with E-state index in [1.165, 1.54) is 0 Å². The lowest BCUT2D eigenvalue weighted by Crippen LogP contribution is -2.34. The Kier molecular flexibility index (Phi) is 7.01. The van der Waals surface area contributed by atoms with Crippen molar-refractivity contribution in [3.05, 3.63) is 76.8 Å². The first-order valence-electron chi connectivity index (χ1n) is 10.2. The molecule has 1 saturated heterocycles. The van der Waals surface area contributed by atoms with Crippen molar-refractivity contribution in [3.8, 4) is 5.75 Å². The average Bonchev–Trinajstić information content (AvgIpc) is 3.44. The third-order valence-corrected chi connectivity index (χ3v) is 5.59. The maximum atomic E-state index is 11.5. The van der Waals surface area contributed by atoms with E-state index in [1.54, 1.807) is 55.8 Å². The summed E-state index contributed by atoms with van der Waals surface area (Å²) in [5.41, 5.74) is 1.41. The molecule has 2 atom stereocenters. The van der Waals surface area contributed by atoms with E-state index in [0.717, 1.165) is 5.69 Å². The highest BCUT2D eigenvalue weighted by Crippen LogP contribution is 2.40. The normalized spacial score (nSPS) is 20.3. The molecule has 1 aliphatic rings. The Morgan fingerprint density at radius 3 is 2.78 bits per heavy atom.